The highest BCUT2D eigenvalue weighted by Crippen LogP contribution is 2.43. The molecule has 1 heterocycles. The fourth-order valence-electron chi connectivity index (χ4n) is 5.08. The molecule has 0 radical (unpaired) electrons. The molecule has 0 amide bonds. The molecule has 27 heavy (non-hydrogen) atoms. The summed E-state index contributed by atoms with van der Waals surface area (Å²) in [4.78, 5) is 14.1. The Morgan fingerprint density at radius 3 is 2.37 bits per heavy atom. The molecule has 0 bridgehead atoms. The summed E-state index contributed by atoms with van der Waals surface area (Å²) in [5.74, 6) is 1.04. The highest BCUT2D eigenvalue weighted by molar-refractivity contribution is 5.76. The summed E-state index contributed by atoms with van der Waals surface area (Å²) >= 11 is 0. The number of rotatable bonds is 10. The third kappa shape index (κ3) is 4.51. The summed E-state index contributed by atoms with van der Waals surface area (Å²) in [6.07, 6.45) is 10.4. The molecule has 0 unspecified atom stereocenters. The largest absolute Gasteiger partial charge is 0.481 e. The number of hydrogen-bond acceptors (Lipinski definition) is 4. The van der Waals surface area contributed by atoms with Gasteiger partial charge < -0.3 is 20.1 Å². The average Bonchev–Trinajstić information content (AvgIpc) is 3.28. The summed E-state index contributed by atoms with van der Waals surface area (Å²) in [5.41, 5.74) is -0.221. The number of nitrogens with zero attached hydrogens (tertiary/aromatic N) is 1. The second kappa shape index (κ2) is 8.00. The van der Waals surface area contributed by atoms with Crippen LogP contribution in [0.15, 0.2) is 0 Å². The van der Waals surface area contributed by atoms with Crippen molar-refractivity contribution in [3.63, 3.8) is 0 Å². The summed E-state index contributed by atoms with van der Waals surface area (Å²) in [5, 5.41) is 13.4. The van der Waals surface area contributed by atoms with Crippen molar-refractivity contribution < 1.29 is 14.6 Å². The topological polar surface area (TPSA) is 61.8 Å². The van der Waals surface area contributed by atoms with Crippen LogP contribution in [-0.4, -0.2) is 61.4 Å². The van der Waals surface area contributed by atoms with Crippen molar-refractivity contribution in [1.82, 2.24) is 10.2 Å². The number of ether oxygens (including phenoxy) is 1. The van der Waals surface area contributed by atoms with E-state index in [9.17, 15) is 9.90 Å². The number of carbonyl (C=O) groups is 1. The Balaban J connectivity index is 1.28. The van der Waals surface area contributed by atoms with E-state index in [-0.39, 0.29) is 5.41 Å². The van der Waals surface area contributed by atoms with E-state index in [0.29, 0.717) is 6.04 Å². The second-order valence-corrected chi connectivity index (χ2v) is 10.2. The molecule has 0 aromatic rings. The van der Waals surface area contributed by atoms with E-state index in [0.717, 1.165) is 83.3 Å². The summed E-state index contributed by atoms with van der Waals surface area (Å²) in [6, 6.07) is 0.705. The first-order valence-corrected chi connectivity index (χ1v) is 11.3. The van der Waals surface area contributed by atoms with Crippen LogP contribution < -0.4 is 5.32 Å². The van der Waals surface area contributed by atoms with Crippen LogP contribution in [0.1, 0.15) is 64.7 Å². The Labute approximate surface area is 164 Å². The van der Waals surface area contributed by atoms with Crippen molar-refractivity contribution in [3.05, 3.63) is 0 Å². The normalized spacial score (nSPS) is 32.5. The van der Waals surface area contributed by atoms with Crippen LogP contribution >= 0.6 is 0 Å². The van der Waals surface area contributed by atoms with Crippen molar-refractivity contribution in [2.24, 2.45) is 22.7 Å². The number of carboxylic acids is 1. The van der Waals surface area contributed by atoms with Crippen LogP contribution in [-0.2, 0) is 9.53 Å². The van der Waals surface area contributed by atoms with Crippen LogP contribution in [0.4, 0.5) is 0 Å². The first-order valence-electron chi connectivity index (χ1n) is 11.3. The van der Waals surface area contributed by atoms with Crippen molar-refractivity contribution in [1.29, 1.82) is 0 Å². The molecule has 2 atom stereocenters. The Kier molecular flexibility index (Phi) is 5.82. The van der Waals surface area contributed by atoms with Crippen LogP contribution in [0.2, 0.25) is 0 Å². The van der Waals surface area contributed by atoms with E-state index in [1.54, 1.807) is 0 Å². The predicted molar refractivity (Wildman–Crippen MR) is 106 cm³/mol. The van der Waals surface area contributed by atoms with Crippen LogP contribution in [0.3, 0.4) is 0 Å². The van der Waals surface area contributed by atoms with Gasteiger partial charge in [-0.3, -0.25) is 4.79 Å². The Morgan fingerprint density at radius 2 is 1.89 bits per heavy atom. The molecule has 4 fully saturated rings. The molecule has 3 aliphatic carbocycles. The van der Waals surface area contributed by atoms with Crippen molar-refractivity contribution in [3.8, 4) is 0 Å². The number of likely N-dealkylation sites (tertiary alicyclic amines) is 1. The molecule has 1 aliphatic heterocycles. The van der Waals surface area contributed by atoms with Gasteiger partial charge in [0.1, 0.15) is 0 Å². The molecule has 3 saturated carbocycles. The van der Waals surface area contributed by atoms with Gasteiger partial charge in [0.25, 0.3) is 0 Å². The SMILES string of the molecule is C[C@@H]1C[C@H]1NCC1(COCC2CCC2)CCN(CC2(C(=O)O)CCC2)CC1. The average molecular weight is 379 g/mol. The number of nitrogens with one attached hydrogen (secondary N) is 1. The lowest BCUT2D eigenvalue weighted by Crippen LogP contribution is -2.53. The van der Waals surface area contributed by atoms with E-state index in [4.69, 9.17) is 4.74 Å². The van der Waals surface area contributed by atoms with E-state index in [2.05, 4.69) is 17.1 Å². The predicted octanol–water partition coefficient (Wildman–Crippen LogP) is 3.14. The maximum Gasteiger partial charge on any atom is 0.310 e. The summed E-state index contributed by atoms with van der Waals surface area (Å²) in [7, 11) is 0. The quantitative estimate of drug-likeness (QED) is 0.611. The van der Waals surface area contributed by atoms with Gasteiger partial charge in [0.2, 0.25) is 0 Å². The Bertz CT molecular complexity index is 522. The molecule has 4 rings (SSSR count). The minimum atomic E-state index is -0.584. The number of aliphatic carboxylic acids is 1. The Morgan fingerprint density at radius 1 is 1.19 bits per heavy atom. The molecular formula is C22H38N2O3. The van der Waals surface area contributed by atoms with Crippen LogP contribution in [0, 0.1) is 22.7 Å². The van der Waals surface area contributed by atoms with E-state index in [1.165, 1.54) is 25.7 Å². The zero-order valence-corrected chi connectivity index (χ0v) is 17.0. The maximum atomic E-state index is 11.7. The van der Waals surface area contributed by atoms with E-state index in [1.807, 2.05) is 0 Å². The third-order valence-electron chi connectivity index (χ3n) is 8.04. The fourth-order valence-corrected chi connectivity index (χ4v) is 5.08. The lowest BCUT2D eigenvalue weighted by atomic mass is 9.68. The summed E-state index contributed by atoms with van der Waals surface area (Å²) in [6.45, 7) is 7.97. The molecular weight excluding hydrogens is 340 g/mol. The minimum Gasteiger partial charge on any atom is -0.481 e. The first-order chi connectivity index (χ1) is 13.0. The van der Waals surface area contributed by atoms with Crippen LogP contribution in [0.5, 0.6) is 0 Å². The lowest BCUT2D eigenvalue weighted by molar-refractivity contribution is -0.157. The molecule has 0 aromatic heterocycles. The van der Waals surface area contributed by atoms with Crippen molar-refractivity contribution >= 4 is 5.97 Å². The number of piperidine rings is 1. The van der Waals surface area contributed by atoms with Gasteiger partial charge >= 0.3 is 5.97 Å². The monoisotopic (exact) mass is 378 g/mol. The summed E-state index contributed by atoms with van der Waals surface area (Å²) < 4.78 is 6.21. The van der Waals surface area contributed by atoms with Crippen molar-refractivity contribution in [2.45, 2.75) is 70.8 Å². The molecule has 5 nitrogen and oxygen atoms in total. The maximum absolute atomic E-state index is 11.7. The number of hydrogen-bond donors (Lipinski definition) is 2. The van der Waals surface area contributed by atoms with Gasteiger partial charge in [-0.05, 0) is 69.9 Å². The van der Waals surface area contributed by atoms with Gasteiger partial charge in [-0.25, -0.2) is 0 Å². The molecule has 5 heteroatoms. The van der Waals surface area contributed by atoms with E-state index < -0.39 is 11.4 Å². The minimum absolute atomic E-state index is 0.235. The second-order valence-electron chi connectivity index (χ2n) is 10.2. The number of carboxylic acid groups (broad SMARTS) is 1. The van der Waals surface area contributed by atoms with Gasteiger partial charge in [0, 0.05) is 31.2 Å². The fraction of sp³-hybridized carbons (Fsp3) is 0.955. The van der Waals surface area contributed by atoms with Crippen molar-refractivity contribution in [2.75, 3.05) is 39.4 Å². The van der Waals surface area contributed by atoms with Crippen LogP contribution in [0.25, 0.3) is 0 Å². The lowest BCUT2D eigenvalue weighted by Gasteiger charge is -2.47. The highest BCUT2D eigenvalue weighted by Gasteiger charge is 2.47. The van der Waals surface area contributed by atoms with Gasteiger partial charge in [-0.15, -0.1) is 0 Å². The smallest absolute Gasteiger partial charge is 0.310 e. The highest BCUT2D eigenvalue weighted by atomic mass is 16.5. The molecule has 0 spiro atoms. The Hall–Kier alpha value is -0.650. The third-order valence-corrected chi connectivity index (χ3v) is 8.04. The molecule has 4 aliphatic rings. The molecule has 154 valence electrons. The molecule has 2 N–H and O–H groups in total. The van der Waals surface area contributed by atoms with Gasteiger partial charge in [-0.2, -0.15) is 0 Å². The molecule has 1 saturated heterocycles. The first kappa shape index (κ1) is 19.7. The standard InChI is InChI=1S/C22H38N2O3/c1-17-12-19(17)23-14-21(16-27-13-18-4-2-5-18)8-10-24(11-9-21)15-22(20(25)26)6-3-7-22/h17-19,23H,2-16H2,1H3,(H,25,26)/t17-,19-/m1/s1. The zero-order valence-electron chi connectivity index (χ0n) is 17.0. The molecule has 0 aromatic carbocycles. The van der Waals surface area contributed by atoms with E-state index >= 15 is 0 Å². The van der Waals surface area contributed by atoms with Gasteiger partial charge in [0.15, 0.2) is 0 Å². The zero-order chi connectivity index (χ0) is 18.9. The van der Waals surface area contributed by atoms with Gasteiger partial charge in [-0.1, -0.05) is 19.8 Å². The van der Waals surface area contributed by atoms with Gasteiger partial charge in [0.05, 0.1) is 12.0 Å².